The molecule has 164 valence electrons. The lowest BCUT2D eigenvalue weighted by molar-refractivity contribution is -0.124. The van der Waals surface area contributed by atoms with E-state index >= 15 is 0 Å². The molecule has 0 heterocycles. The van der Waals surface area contributed by atoms with Crippen LogP contribution in [0.4, 0.5) is 5.69 Å². The summed E-state index contributed by atoms with van der Waals surface area (Å²) in [5, 5.41) is 3.23. The molecule has 5 nitrogen and oxygen atoms in total. The van der Waals surface area contributed by atoms with Crippen LogP contribution in [0.5, 0.6) is 0 Å². The first kappa shape index (κ1) is 20.6. The van der Waals surface area contributed by atoms with Crippen LogP contribution in [0.25, 0.3) is 0 Å². The number of hydrogen-bond donors (Lipinski definition) is 2. The van der Waals surface area contributed by atoms with E-state index in [0.717, 1.165) is 56.1 Å². The molecule has 0 spiro atoms. The molecule has 5 rings (SSSR count). The molecular formula is C25H30N2O3S. The Labute approximate surface area is 184 Å². The van der Waals surface area contributed by atoms with E-state index in [1.165, 1.54) is 24.8 Å². The van der Waals surface area contributed by atoms with E-state index in [2.05, 4.69) is 10.0 Å². The molecule has 2 aromatic rings. The fourth-order valence-electron chi connectivity index (χ4n) is 5.11. The first-order valence-electron chi connectivity index (χ1n) is 11.5. The van der Waals surface area contributed by atoms with E-state index in [0.29, 0.717) is 16.6 Å². The van der Waals surface area contributed by atoms with Gasteiger partial charge in [0.2, 0.25) is 5.91 Å². The molecule has 31 heavy (non-hydrogen) atoms. The van der Waals surface area contributed by atoms with Gasteiger partial charge in [-0.1, -0.05) is 31.0 Å². The van der Waals surface area contributed by atoms with Crippen molar-refractivity contribution in [2.45, 2.75) is 80.6 Å². The van der Waals surface area contributed by atoms with E-state index in [1.54, 1.807) is 18.2 Å². The zero-order valence-corrected chi connectivity index (χ0v) is 18.6. The molecular weight excluding hydrogens is 408 g/mol. The number of carbonyl (C=O) groups excluding carboxylic acids is 1. The van der Waals surface area contributed by atoms with Crippen molar-refractivity contribution in [3.05, 3.63) is 59.2 Å². The molecule has 6 heteroatoms. The second kappa shape index (κ2) is 7.97. The predicted molar refractivity (Wildman–Crippen MR) is 122 cm³/mol. The second-order valence-electron chi connectivity index (χ2n) is 9.36. The Hall–Kier alpha value is -2.34. The molecule has 3 aliphatic rings. The number of anilines is 1. The minimum Gasteiger partial charge on any atom is -0.353 e. The van der Waals surface area contributed by atoms with Gasteiger partial charge in [0.05, 0.1) is 10.3 Å². The molecule has 0 unspecified atom stereocenters. The maximum atomic E-state index is 12.9. The highest BCUT2D eigenvalue weighted by Gasteiger charge is 2.51. The topological polar surface area (TPSA) is 75.3 Å². The molecule has 2 aromatic carbocycles. The standard InChI is InChI=1S/C25H30N2O3S/c28-24(26-21-7-3-4-8-21)25(15-16-25)20-10-12-22(13-11-20)27-31(29,30)23-14-9-18-5-1-2-6-19(18)17-23/h9-14,17,21,27H,1-8,15-16H2,(H,26,28). The number of benzene rings is 2. The zero-order chi connectivity index (χ0) is 21.5. The monoisotopic (exact) mass is 438 g/mol. The van der Waals surface area contributed by atoms with Gasteiger partial charge in [-0.2, -0.15) is 0 Å². The Balaban J connectivity index is 1.29. The Morgan fingerprint density at radius 2 is 1.55 bits per heavy atom. The van der Waals surface area contributed by atoms with Crippen LogP contribution in [0, 0.1) is 0 Å². The second-order valence-corrected chi connectivity index (χ2v) is 11.0. The summed E-state index contributed by atoms with van der Waals surface area (Å²) in [5.74, 6) is 0.127. The van der Waals surface area contributed by atoms with Crippen LogP contribution in [-0.4, -0.2) is 20.4 Å². The van der Waals surface area contributed by atoms with Gasteiger partial charge >= 0.3 is 0 Å². The van der Waals surface area contributed by atoms with Gasteiger partial charge in [-0.25, -0.2) is 8.42 Å². The van der Waals surface area contributed by atoms with Crippen LogP contribution >= 0.6 is 0 Å². The number of fused-ring (bicyclic) bond motifs is 1. The number of nitrogens with one attached hydrogen (secondary N) is 2. The summed E-state index contributed by atoms with van der Waals surface area (Å²) < 4.78 is 28.5. The first-order valence-corrected chi connectivity index (χ1v) is 13.0. The number of sulfonamides is 1. The normalized spacial score (nSPS) is 20.1. The minimum absolute atomic E-state index is 0.127. The number of carbonyl (C=O) groups is 1. The highest BCUT2D eigenvalue weighted by molar-refractivity contribution is 7.92. The lowest BCUT2D eigenvalue weighted by atomic mass is 9.92. The van der Waals surface area contributed by atoms with Crippen LogP contribution < -0.4 is 10.0 Å². The minimum atomic E-state index is -3.64. The summed E-state index contributed by atoms with van der Waals surface area (Å²) in [7, 11) is -3.64. The first-order chi connectivity index (χ1) is 15.0. The molecule has 2 N–H and O–H groups in total. The van der Waals surface area contributed by atoms with E-state index in [4.69, 9.17) is 0 Å². The van der Waals surface area contributed by atoms with Gasteiger partial charge in [0.1, 0.15) is 0 Å². The van der Waals surface area contributed by atoms with Crippen molar-refractivity contribution < 1.29 is 13.2 Å². The third-order valence-corrected chi connectivity index (χ3v) is 8.57. The summed E-state index contributed by atoms with van der Waals surface area (Å²) in [6.07, 6.45) is 10.5. The summed E-state index contributed by atoms with van der Waals surface area (Å²) in [6.45, 7) is 0. The van der Waals surface area contributed by atoms with Crippen LogP contribution in [-0.2, 0) is 33.1 Å². The molecule has 2 saturated carbocycles. The van der Waals surface area contributed by atoms with Crippen molar-refractivity contribution >= 4 is 21.6 Å². The highest BCUT2D eigenvalue weighted by Crippen LogP contribution is 2.49. The maximum Gasteiger partial charge on any atom is 0.261 e. The summed E-state index contributed by atoms with van der Waals surface area (Å²) in [4.78, 5) is 13.2. The SMILES string of the molecule is O=C(NC1CCCC1)C1(c2ccc(NS(=O)(=O)c3ccc4c(c3)CCCC4)cc2)CC1. The van der Waals surface area contributed by atoms with Gasteiger partial charge in [0.15, 0.2) is 0 Å². The zero-order valence-electron chi connectivity index (χ0n) is 17.8. The third-order valence-electron chi connectivity index (χ3n) is 7.19. The fraction of sp³-hybridized carbons (Fsp3) is 0.480. The molecule has 0 aliphatic heterocycles. The van der Waals surface area contributed by atoms with Crippen LogP contribution in [0.2, 0.25) is 0 Å². The number of hydrogen-bond acceptors (Lipinski definition) is 3. The molecule has 0 atom stereocenters. The van der Waals surface area contributed by atoms with E-state index in [-0.39, 0.29) is 5.91 Å². The number of amides is 1. The van der Waals surface area contributed by atoms with E-state index < -0.39 is 15.4 Å². The Bertz CT molecular complexity index is 1080. The van der Waals surface area contributed by atoms with E-state index in [9.17, 15) is 13.2 Å². The van der Waals surface area contributed by atoms with Gasteiger partial charge in [-0.3, -0.25) is 9.52 Å². The number of aryl methyl sites for hydroxylation is 2. The maximum absolute atomic E-state index is 12.9. The third kappa shape index (κ3) is 4.10. The molecule has 0 bridgehead atoms. The van der Waals surface area contributed by atoms with Gasteiger partial charge in [-0.05, 0) is 92.3 Å². The summed E-state index contributed by atoms with van der Waals surface area (Å²) >= 11 is 0. The lowest BCUT2D eigenvalue weighted by Gasteiger charge is -2.20. The Morgan fingerprint density at radius 3 is 2.23 bits per heavy atom. The average molecular weight is 439 g/mol. The van der Waals surface area contributed by atoms with Gasteiger partial charge in [-0.15, -0.1) is 0 Å². The Kier molecular flexibility index (Phi) is 5.29. The quantitative estimate of drug-likeness (QED) is 0.699. The molecule has 1 amide bonds. The predicted octanol–water partition coefficient (Wildman–Crippen LogP) is 4.46. The molecule has 0 saturated heterocycles. The van der Waals surface area contributed by atoms with Crippen molar-refractivity contribution in [3.63, 3.8) is 0 Å². The van der Waals surface area contributed by atoms with Crippen molar-refractivity contribution in [1.82, 2.24) is 5.32 Å². The smallest absolute Gasteiger partial charge is 0.261 e. The van der Waals surface area contributed by atoms with Gasteiger partial charge in [0.25, 0.3) is 10.0 Å². The van der Waals surface area contributed by atoms with Crippen LogP contribution in [0.15, 0.2) is 47.4 Å². The average Bonchev–Trinajstić information content (AvgIpc) is 3.44. The van der Waals surface area contributed by atoms with Crippen LogP contribution in [0.3, 0.4) is 0 Å². The number of rotatable bonds is 6. The highest BCUT2D eigenvalue weighted by atomic mass is 32.2. The lowest BCUT2D eigenvalue weighted by Crippen LogP contribution is -2.40. The van der Waals surface area contributed by atoms with Gasteiger partial charge in [0, 0.05) is 11.7 Å². The van der Waals surface area contributed by atoms with Crippen molar-refractivity contribution in [3.8, 4) is 0 Å². The fourth-order valence-corrected chi connectivity index (χ4v) is 6.22. The Morgan fingerprint density at radius 1 is 0.871 bits per heavy atom. The molecule has 0 aromatic heterocycles. The summed E-state index contributed by atoms with van der Waals surface area (Å²) in [6, 6.07) is 13.1. The summed E-state index contributed by atoms with van der Waals surface area (Å²) in [5.41, 5.74) is 3.47. The molecule has 3 aliphatic carbocycles. The van der Waals surface area contributed by atoms with Crippen molar-refractivity contribution in [1.29, 1.82) is 0 Å². The van der Waals surface area contributed by atoms with Crippen molar-refractivity contribution in [2.24, 2.45) is 0 Å². The molecule has 0 radical (unpaired) electrons. The van der Waals surface area contributed by atoms with Crippen molar-refractivity contribution in [2.75, 3.05) is 4.72 Å². The van der Waals surface area contributed by atoms with E-state index in [1.807, 2.05) is 24.3 Å². The van der Waals surface area contributed by atoms with Crippen LogP contribution in [0.1, 0.15) is 68.1 Å². The largest absolute Gasteiger partial charge is 0.353 e. The molecule has 2 fully saturated rings. The van der Waals surface area contributed by atoms with Gasteiger partial charge < -0.3 is 5.32 Å².